The Labute approximate surface area is 124 Å². The quantitative estimate of drug-likeness (QED) is 0.790. The van der Waals surface area contributed by atoms with E-state index in [4.69, 9.17) is 4.74 Å². The highest BCUT2D eigenvalue weighted by Crippen LogP contribution is 2.16. The molecule has 0 spiro atoms. The number of hydrogen-bond acceptors (Lipinski definition) is 5. The van der Waals surface area contributed by atoms with Crippen LogP contribution in [0.25, 0.3) is 11.5 Å². The summed E-state index contributed by atoms with van der Waals surface area (Å²) in [5.74, 6) is 0.167. The van der Waals surface area contributed by atoms with Gasteiger partial charge in [-0.3, -0.25) is 0 Å². The van der Waals surface area contributed by atoms with Crippen LogP contribution in [0.4, 0.5) is 0 Å². The van der Waals surface area contributed by atoms with Gasteiger partial charge in [0, 0.05) is 11.9 Å². The Kier molecular flexibility index (Phi) is 4.98. The van der Waals surface area contributed by atoms with Gasteiger partial charge in [-0.05, 0) is 32.4 Å². The van der Waals surface area contributed by atoms with Gasteiger partial charge in [-0.15, -0.1) is 0 Å². The second kappa shape index (κ2) is 6.92. The summed E-state index contributed by atoms with van der Waals surface area (Å²) >= 11 is 0. The van der Waals surface area contributed by atoms with E-state index in [9.17, 15) is 4.79 Å². The third-order valence-electron chi connectivity index (χ3n) is 2.97. The Morgan fingerprint density at radius 3 is 2.71 bits per heavy atom. The molecule has 110 valence electrons. The zero-order valence-electron chi connectivity index (χ0n) is 12.6. The molecule has 0 radical (unpaired) electrons. The molecule has 0 bridgehead atoms. The van der Waals surface area contributed by atoms with Crippen molar-refractivity contribution >= 4 is 5.97 Å². The smallest absolute Gasteiger partial charge is 0.341 e. The van der Waals surface area contributed by atoms with E-state index in [1.807, 2.05) is 32.0 Å². The lowest BCUT2D eigenvalue weighted by molar-refractivity contribution is 0.0524. The molecule has 0 aromatic carbocycles. The summed E-state index contributed by atoms with van der Waals surface area (Å²) in [5.41, 5.74) is 2.77. The molecular formula is C16H19N3O2. The van der Waals surface area contributed by atoms with Crippen LogP contribution >= 0.6 is 0 Å². The topological polar surface area (TPSA) is 65.0 Å². The van der Waals surface area contributed by atoms with Crippen molar-refractivity contribution in [3.05, 3.63) is 41.3 Å². The summed E-state index contributed by atoms with van der Waals surface area (Å²) in [6.45, 7) is 6.08. The van der Waals surface area contributed by atoms with Gasteiger partial charge in [0.2, 0.25) is 0 Å². The van der Waals surface area contributed by atoms with E-state index in [1.165, 1.54) is 6.20 Å². The van der Waals surface area contributed by atoms with E-state index in [0.717, 1.165) is 12.1 Å². The number of hydrogen-bond donors (Lipinski definition) is 0. The minimum absolute atomic E-state index is 0.339. The number of carbonyl (C=O) groups excluding carboxylic acids is 1. The third kappa shape index (κ3) is 3.62. The average molecular weight is 285 g/mol. The van der Waals surface area contributed by atoms with Gasteiger partial charge >= 0.3 is 5.97 Å². The Hall–Kier alpha value is -2.30. The standard InChI is InChI=1S/C16H19N3O2/c1-4-7-13-12(16(20)21-5-2)10-17-15(19-13)14-9-6-8-11(3)18-14/h6,8-10H,4-5,7H2,1-3H3. The lowest BCUT2D eigenvalue weighted by atomic mass is 10.1. The molecule has 0 unspecified atom stereocenters. The minimum Gasteiger partial charge on any atom is -0.462 e. The first-order valence-corrected chi connectivity index (χ1v) is 7.12. The Morgan fingerprint density at radius 2 is 2.05 bits per heavy atom. The van der Waals surface area contributed by atoms with Crippen LogP contribution in [-0.2, 0) is 11.2 Å². The molecule has 5 heteroatoms. The van der Waals surface area contributed by atoms with Crippen LogP contribution < -0.4 is 0 Å². The second-order valence-corrected chi connectivity index (χ2v) is 4.69. The normalized spacial score (nSPS) is 10.4. The van der Waals surface area contributed by atoms with Crippen molar-refractivity contribution in [1.29, 1.82) is 0 Å². The number of esters is 1. The monoisotopic (exact) mass is 285 g/mol. The highest BCUT2D eigenvalue weighted by Gasteiger charge is 2.16. The maximum absolute atomic E-state index is 11.9. The number of aryl methyl sites for hydroxylation is 2. The molecule has 0 aliphatic carbocycles. The summed E-state index contributed by atoms with van der Waals surface area (Å²) in [6.07, 6.45) is 3.13. The van der Waals surface area contributed by atoms with Crippen LogP contribution in [0.15, 0.2) is 24.4 Å². The summed E-state index contributed by atoms with van der Waals surface area (Å²) < 4.78 is 5.05. The van der Waals surface area contributed by atoms with E-state index in [0.29, 0.717) is 35.8 Å². The van der Waals surface area contributed by atoms with Crippen LogP contribution in [-0.4, -0.2) is 27.5 Å². The fraction of sp³-hybridized carbons (Fsp3) is 0.375. The zero-order valence-corrected chi connectivity index (χ0v) is 12.6. The van der Waals surface area contributed by atoms with E-state index in [-0.39, 0.29) is 5.97 Å². The molecule has 0 saturated heterocycles. The van der Waals surface area contributed by atoms with Crippen LogP contribution in [0.5, 0.6) is 0 Å². The summed E-state index contributed by atoms with van der Waals surface area (Å²) in [4.78, 5) is 25.1. The van der Waals surface area contributed by atoms with Gasteiger partial charge in [0.1, 0.15) is 5.69 Å². The van der Waals surface area contributed by atoms with Gasteiger partial charge in [0.15, 0.2) is 5.82 Å². The molecule has 0 fully saturated rings. The summed E-state index contributed by atoms with van der Waals surface area (Å²) in [6, 6.07) is 5.70. The van der Waals surface area contributed by atoms with Crippen LogP contribution in [0.2, 0.25) is 0 Å². The lowest BCUT2D eigenvalue weighted by Crippen LogP contribution is -2.11. The van der Waals surface area contributed by atoms with Crippen molar-refractivity contribution in [3.63, 3.8) is 0 Å². The molecule has 0 atom stereocenters. The number of aromatic nitrogens is 3. The lowest BCUT2D eigenvalue weighted by Gasteiger charge is -2.09. The van der Waals surface area contributed by atoms with Gasteiger partial charge in [0.25, 0.3) is 0 Å². The Morgan fingerprint density at radius 1 is 1.24 bits per heavy atom. The third-order valence-corrected chi connectivity index (χ3v) is 2.97. The van der Waals surface area contributed by atoms with Crippen molar-refractivity contribution < 1.29 is 9.53 Å². The van der Waals surface area contributed by atoms with Gasteiger partial charge in [-0.1, -0.05) is 19.4 Å². The van der Waals surface area contributed by atoms with E-state index in [2.05, 4.69) is 15.0 Å². The van der Waals surface area contributed by atoms with E-state index in [1.54, 1.807) is 6.92 Å². The number of nitrogens with zero attached hydrogens (tertiary/aromatic N) is 3. The molecule has 0 N–H and O–H groups in total. The van der Waals surface area contributed by atoms with Crippen molar-refractivity contribution in [1.82, 2.24) is 15.0 Å². The first kappa shape index (κ1) is 15.1. The predicted octanol–water partition coefficient (Wildman–Crippen LogP) is 2.98. The molecule has 5 nitrogen and oxygen atoms in total. The predicted molar refractivity (Wildman–Crippen MR) is 80.0 cm³/mol. The molecule has 0 saturated carbocycles. The van der Waals surface area contributed by atoms with Crippen molar-refractivity contribution in [2.45, 2.75) is 33.6 Å². The van der Waals surface area contributed by atoms with Gasteiger partial charge in [-0.2, -0.15) is 0 Å². The van der Waals surface area contributed by atoms with E-state index >= 15 is 0 Å². The molecule has 2 aromatic rings. The highest BCUT2D eigenvalue weighted by atomic mass is 16.5. The van der Waals surface area contributed by atoms with Crippen molar-refractivity contribution in [2.75, 3.05) is 6.61 Å². The van der Waals surface area contributed by atoms with Gasteiger partial charge < -0.3 is 4.74 Å². The van der Waals surface area contributed by atoms with Gasteiger partial charge in [-0.25, -0.2) is 19.7 Å². The summed E-state index contributed by atoms with van der Waals surface area (Å²) in [5, 5.41) is 0. The molecule has 0 aliphatic heterocycles. The first-order valence-electron chi connectivity index (χ1n) is 7.12. The second-order valence-electron chi connectivity index (χ2n) is 4.69. The number of ether oxygens (including phenoxy) is 1. The highest BCUT2D eigenvalue weighted by molar-refractivity contribution is 5.90. The molecule has 0 aliphatic rings. The molecule has 2 rings (SSSR count). The fourth-order valence-corrected chi connectivity index (χ4v) is 2.01. The molecule has 0 amide bonds. The fourth-order valence-electron chi connectivity index (χ4n) is 2.01. The molecule has 2 aromatic heterocycles. The average Bonchev–Trinajstić information content (AvgIpc) is 2.48. The number of rotatable bonds is 5. The molecular weight excluding hydrogens is 266 g/mol. The maximum atomic E-state index is 11.9. The maximum Gasteiger partial charge on any atom is 0.341 e. The van der Waals surface area contributed by atoms with Crippen LogP contribution in [0.1, 0.15) is 42.0 Å². The Balaban J connectivity index is 2.42. The van der Waals surface area contributed by atoms with Crippen LogP contribution in [0, 0.1) is 6.92 Å². The minimum atomic E-state index is -0.371. The van der Waals surface area contributed by atoms with Crippen molar-refractivity contribution in [2.24, 2.45) is 0 Å². The Bertz CT molecular complexity index is 641. The SMILES string of the molecule is CCCc1nc(-c2cccc(C)n2)ncc1C(=O)OCC. The zero-order chi connectivity index (χ0) is 15.2. The first-order chi connectivity index (χ1) is 10.2. The summed E-state index contributed by atoms with van der Waals surface area (Å²) in [7, 11) is 0. The van der Waals surface area contributed by atoms with E-state index < -0.39 is 0 Å². The largest absolute Gasteiger partial charge is 0.462 e. The van der Waals surface area contributed by atoms with Crippen molar-refractivity contribution in [3.8, 4) is 11.5 Å². The van der Waals surface area contributed by atoms with Gasteiger partial charge in [0.05, 0.1) is 17.9 Å². The number of pyridine rings is 1. The number of carbonyl (C=O) groups is 1. The molecule has 21 heavy (non-hydrogen) atoms. The molecule has 2 heterocycles. The van der Waals surface area contributed by atoms with Crippen LogP contribution in [0.3, 0.4) is 0 Å².